The number of hydrogen-bond acceptors (Lipinski definition) is 7. The van der Waals surface area contributed by atoms with Crippen LogP contribution in [0.15, 0.2) is 127 Å². The van der Waals surface area contributed by atoms with Crippen LogP contribution in [0.4, 0.5) is 26.3 Å². The molecular formula is C52H52F6N2O7. The van der Waals surface area contributed by atoms with Crippen molar-refractivity contribution in [1.82, 2.24) is 9.97 Å². The number of rotatable bonds is 20. The normalized spacial score (nSPS) is 12.3. The van der Waals surface area contributed by atoms with Crippen molar-refractivity contribution in [3.8, 4) is 39.8 Å². The number of carbonyl (C=O) groups is 2. The van der Waals surface area contributed by atoms with Crippen molar-refractivity contribution in [1.29, 1.82) is 0 Å². The van der Waals surface area contributed by atoms with Crippen molar-refractivity contribution >= 4 is 11.9 Å². The number of nitrogens with zero attached hydrogens (tertiary/aromatic N) is 2. The molecule has 2 atom stereocenters. The van der Waals surface area contributed by atoms with Crippen molar-refractivity contribution < 1.29 is 60.4 Å². The molecule has 0 saturated heterocycles. The average molecular weight is 931 g/mol. The monoisotopic (exact) mass is 930 g/mol. The molecule has 0 radical (unpaired) electrons. The first kappa shape index (κ1) is 51.1. The van der Waals surface area contributed by atoms with Crippen LogP contribution in [0, 0.1) is 0 Å². The minimum atomic E-state index is -4.39. The van der Waals surface area contributed by atoms with Crippen LogP contribution >= 0.6 is 0 Å². The number of aryl methyl sites for hydroxylation is 1. The van der Waals surface area contributed by atoms with Gasteiger partial charge in [-0.15, -0.1) is 0 Å². The molecule has 15 heteroatoms. The molecule has 67 heavy (non-hydrogen) atoms. The zero-order valence-corrected chi connectivity index (χ0v) is 37.2. The maximum Gasteiger partial charge on any atom is 0.416 e. The Balaban J connectivity index is 0.000000252. The number of alkyl halides is 6. The molecule has 0 aliphatic rings. The summed E-state index contributed by atoms with van der Waals surface area (Å²) >= 11 is 0. The lowest BCUT2D eigenvalue weighted by Gasteiger charge is -2.21. The number of carboxylic acid groups (broad SMARTS) is 2. The summed E-state index contributed by atoms with van der Waals surface area (Å²) in [6.45, 7) is 4.14. The Morgan fingerprint density at radius 1 is 0.582 bits per heavy atom. The minimum absolute atomic E-state index is 0.0170. The number of benzene rings is 4. The van der Waals surface area contributed by atoms with Gasteiger partial charge >= 0.3 is 24.3 Å². The second-order valence-electron chi connectivity index (χ2n) is 15.6. The number of carboxylic acids is 2. The standard InChI is InChI=1S/C27H28F3NO4.C25H24F3NO3/c1-3-4-8-23(35-24-15-9-18(10-16-26(32)33)17-25(24)34-2)22-7-5-6-21(31-22)19-11-13-20(14-12-19)27(28,29)30;1-2-3-7-23(32-20-14-8-17(9-15-20)16-24(30)31)22-6-4-5-21(29-22)18-10-12-19(13-11-18)25(26,27)28/h5-7,9,11-15,17,23H,3-4,8,10,16H2,1-2H3,(H,32,33);4-6,8-15,23H,2-3,7,16H2,1H3,(H,30,31)/t2*23-/m00/s1. The van der Waals surface area contributed by atoms with Gasteiger partial charge in [0.2, 0.25) is 0 Å². The summed E-state index contributed by atoms with van der Waals surface area (Å²) in [5.74, 6) is -0.170. The number of aromatic nitrogens is 2. The molecule has 6 aromatic rings. The Bertz CT molecular complexity index is 2510. The first-order valence-corrected chi connectivity index (χ1v) is 21.8. The molecular weight excluding hydrogens is 879 g/mol. The quantitative estimate of drug-likeness (QED) is 0.0719. The molecule has 354 valence electrons. The fourth-order valence-electron chi connectivity index (χ4n) is 6.95. The smallest absolute Gasteiger partial charge is 0.416 e. The molecule has 9 nitrogen and oxygen atoms in total. The van der Waals surface area contributed by atoms with E-state index in [-0.39, 0.29) is 18.9 Å². The summed E-state index contributed by atoms with van der Waals surface area (Å²) < 4.78 is 95.2. The number of unbranched alkanes of at least 4 members (excludes halogenated alkanes) is 2. The van der Waals surface area contributed by atoms with E-state index in [1.165, 1.54) is 31.4 Å². The fraction of sp³-hybridized carbons (Fsp3) is 0.308. The molecule has 0 saturated carbocycles. The molecule has 0 aliphatic heterocycles. The Hall–Kier alpha value is -6.90. The van der Waals surface area contributed by atoms with Crippen molar-refractivity contribution in [3.63, 3.8) is 0 Å². The van der Waals surface area contributed by atoms with Crippen LogP contribution in [0.3, 0.4) is 0 Å². The maximum atomic E-state index is 12.9. The Labute approximate surface area is 385 Å². The van der Waals surface area contributed by atoms with Crippen LogP contribution in [0.5, 0.6) is 17.2 Å². The van der Waals surface area contributed by atoms with Crippen LogP contribution in [0.2, 0.25) is 0 Å². The highest BCUT2D eigenvalue weighted by Gasteiger charge is 2.31. The molecule has 2 heterocycles. The van der Waals surface area contributed by atoms with Crippen LogP contribution in [-0.2, 0) is 34.8 Å². The van der Waals surface area contributed by atoms with Gasteiger partial charge in [0.05, 0.1) is 47.4 Å². The molecule has 0 fully saturated rings. The van der Waals surface area contributed by atoms with Crippen molar-refractivity contribution in [2.75, 3.05) is 7.11 Å². The highest BCUT2D eigenvalue weighted by atomic mass is 19.4. The van der Waals surface area contributed by atoms with Gasteiger partial charge in [0, 0.05) is 17.5 Å². The van der Waals surface area contributed by atoms with Gasteiger partial charge < -0.3 is 24.4 Å². The van der Waals surface area contributed by atoms with Crippen molar-refractivity contribution in [3.05, 3.63) is 161 Å². The van der Waals surface area contributed by atoms with Crippen molar-refractivity contribution in [2.24, 2.45) is 0 Å². The highest BCUT2D eigenvalue weighted by Crippen LogP contribution is 2.36. The largest absolute Gasteiger partial charge is 0.493 e. The Morgan fingerprint density at radius 3 is 1.49 bits per heavy atom. The number of halogens is 6. The maximum absolute atomic E-state index is 12.9. The van der Waals surface area contributed by atoms with E-state index in [9.17, 15) is 35.9 Å². The third-order valence-electron chi connectivity index (χ3n) is 10.5. The average Bonchev–Trinajstić information content (AvgIpc) is 3.31. The van der Waals surface area contributed by atoms with Crippen molar-refractivity contribution in [2.45, 2.75) is 96.2 Å². The van der Waals surface area contributed by atoms with E-state index in [0.717, 1.165) is 61.9 Å². The summed E-state index contributed by atoms with van der Waals surface area (Å²) in [6.07, 6.45) is -4.06. The van der Waals surface area contributed by atoms with Crippen LogP contribution in [0.25, 0.3) is 22.5 Å². The molecule has 0 bridgehead atoms. The predicted octanol–water partition coefficient (Wildman–Crippen LogP) is 13.8. The highest BCUT2D eigenvalue weighted by molar-refractivity contribution is 5.70. The Morgan fingerprint density at radius 2 is 1.06 bits per heavy atom. The van der Waals surface area contributed by atoms with Crippen LogP contribution < -0.4 is 14.2 Å². The number of methoxy groups -OCH3 is 1. The van der Waals surface area contributed by atoms with E-state index in [4.69, 9.17) is 29.4 Å². The molecule has 6 rings (SSSR count). The molecule has 4 aromatic carbocycles. The lowest BCUT2D eigenvalue weighted by molar-refractivity contribution is -0.138. The van der Waals surface area contributed by atoms with Gasteiger partial charge in [-0.3, -0.25) is 9.59 Å². The molecule has 2 N–H and O–H groups in total. The molecule has 2 aromatic heterocycles. The van der Waals surface area contributed by atoms with Gasteiger partial charge in [-0.25, -0.2) is 9.97 Å². The second kappa shape index (κ2) is 24.0. The summed E-state index contributed by atoms with van der Waals surface area (Å²) in [6, 6.07) is 32.9. The SMILES string of the molecule is CCCC[C@H](Oc1ccc(CC(=O)O)cc1)c1cccc(-c2ccc(C(F)(F)F)cc2)n1.CCCC[C@H](Oc1ccc(CCC(=O)O)cc1OC)c1cccc(-c2ccc(C(F)(F)F)cc2)n1. The number of aliphatic carboxylic acids is 2. The van der Waals surface area contributed by atoms with Gasteiger partial charge in [-0.05, 0) is 116 Å². The number of ether oxygens (including phenoxy) is 3. The van der Waals surface area contributed by atoms with Gasteiger partial charge in [0.1, 0.15) is 18.0 Å². The van der Waals surface area contributed by atoms with Crippen LogP contribution in [0.1, 0.15) is 105 Å². The first-order valence-electron chi connectivity index (χ1n) is 21.8. The third kappa shape index (κ3) is 15.6. The topological polar surface area (TPSA) is 128 Å². The summed E-state index contributed by atoms with van der Waals surface area (Å²) in [4.78, 5) is 31.1. The van der Waals surface area contributed by atoms with E-state index in [2.05, 4.69) is 18.8 Å². The summed E-state index contributed by atoms with van der Waals surface area (Å²) in [5, 5.41) is 17.8. The fourth-order valence-corrected chi connectivity index (χ4v) is 6.95. The third-order valence-corrected chi connectivity index (χ3v) is 10.5. The molecule has 0 unspecified atom stereocenters. The van der Waals surface area contributed by atoms with E-state index < -0.39 is 41.5 Å². The van der Waals surface area contributed by atoms with E-state index in [1.54, 1.807) is 48.5 Å². The summed E-state index contributed by atoms with van der Waals surface area (Å²) in [7, 11) is 1.52. The van der Waals surface area contributed by atoms with E-state index in [1.807, 2.05) is 30.3 Å². The first-order chi connectivity index (χ1) is 32.0. The zero-order chi connectivity index (χ0) is 48.6. The van der Waals surface area contributed by atoms with Crippen LogP contribution in [-0.4, -0.2) is 39.2 Å². The van der Waals surface area contributed by atoms with E-state index >= 15 is 0 Å². The van der Waals surface area contributed by atoms with Gasteiger partial charge in [-0.1, -0.05) is 81.3 Å². The minimum Gasteiger partial charge on any atom is -0.493 e. The van der Waals surface area contributed by atoms with E-state index in [0.29, 0.717) is 69.6 Å². The number of hydrogen-bond donors (Lipinski definition) is 2. The molecule has 0 aliphatic carbocycles. The molecule has 0 amide bonds. The lowest BCUT2D eigenvalue weighted by Crippen LogP contribution is -2.11. The Kier molecular flexibility index (Phi) is 18.3. The second-order valence-corrected chi connectivity index (χ2v) is 15.6. The van der Waals surface area contributed by atoms with Gasteiger partial charge in [-0.2, -0.15) is 26.3 Å². The summed E-state index contributed by atoms with van der Waals surface area (Å²) in [5.41, 5.74) is 3.73. The van der Waals surface area contributed by atoms with Gasteiger partial charge in [0.15, 0.2) is 11.5 Å². The lowest BCUT2D eigenvalue weighted by atomic mass is 10.0. The zero-order valence-electron chi connectivity index (χ0n) is 37.2. The molecule has 0 spiro atoms. The predicted molar refractivity (Wildman–Crippen MR) is 242 cm³/mol. The van der Waals surface area contributed by atoms with Gasteiger partial charge in [0.25, 0.3) is 0 Å². The number of pyridine rings is 2.